The maximum absolute atomic E-state index is 13.4. The first-order chi connectivity index (χ1) is 15.2. The van der Waals surface area contributed by atoms with E-state index < -0.39 is 12.0 Å². The molecule has 1 N–H and O–H groups in total. The van der Waals surface area contributed by atoms with Crippen molar-refractivity contribution in [2.24, 2.45) is 0 Å². The lowest BCUT2D eigenvalue weighted by Crippen LogP contribution is -2.44. The lowest BCUT2D eigenvalue weighted by Gasteiger charge is -2.27. The highest BCUT2D eigenvalue weighted by atomic mass is 32.2. The van der Waals surface area contributed by atoms with Crippen molar-refractivity contribution in [3.05, 3.63) is 47.8 Å². The number of aromatic nitrogens is 3. The van der Waals surface area contributed by atoms with Gasteiger partial charge in [-0.15, -0.1) is 16.9 Å². The zero-order valence-corrected chi connectivity index (χ0v) is 18.7. The number of aryl methyl sites for hydroxylation is 1. The Balaban J connectivity index is 1.70. The Morgan fingerprint density at radius 2 is 1.90 bits per heavy atom. The summed E-state index contributed by atoms with van der Waals surface area (Å²) in [5, 5.41) is 16.7. The van der Waals surface area contributed by atoms with Gasteiger partial charge >= 0.3 is 5.97 Å². The standard InChI is InChI=1S/C22H30N4O4S/c1-2-30-22(29)19-16-31-21(17-11-7-6-8-12-17)26(19)20(28)18-15-25(24-23-18)13-9-4-3-5-10-14-27/h6-8,11-12,15,19,21,27H,2-5,9-10,13-14,16H2,1H3/t19-,21?/m0/s1. The number of amides is 1. The monoisotopic (exact) mass is 446 g/mol. The first-order valence-corrected chi connectivity index (χ1v) is 11.9. The summed E-state index contributed by atoms with van der Waals surface area (Å²) in [4.78, 5) is 27.5. The van der Waals surface area contributed by atoms with Crippen LogP contribution in [-0.4, -0.2) is 61.9 Å². The summed E-state index contributed by atoms with van der Waals surface area (Å²) in [6.07, 6.45) is 6.53. The number of esters is 1. The van der Waals surface area contributed by atoms with Crippen LogP contribution in [0.2, 0.25) is 0 Å². The fourth-order valence-corrected chi connectivity index (χ4v) is 5.02. The quantitative estimate of drug-likeness (QED) is 0.418. The number of nitrogens with zero attached hydrogens (tertiary/aromatic N) is 4. The Morgan fingerprint density at radius 1 is 1.16 bits per heavy atom. The van der Waals surface area contributed by atoms with Gasteiger partial charge in [-0.1, -0.05) is 54.8 Å². The van der Waals surface area contributed by atoms with Crippen LogP contribution in [0.25, 0.3) is 0 Å². The summed E-state index contributed by atoms with van der Waals surface area (Å²) < 4.78 is 6.90. The molecule has 0 spiro atoms. The van der Waals surface area contributed by atoms with Gasteiger partial charge in [0, 0.05) is 18.9 Å². The molecule has 1 fully saturated rings. The number of hydrogen-bond donors (Lipinski definition) is 1. The van der Waals surface area contributed by atoms with E-state index in [1.807, 2.05) is 30.3 Å². The Hall–Kier alpha value is -2.39. The molecule has 1 aliphatic rings. The molecule has 1 aliphatic heterocycles. The molecule has 1 amide bonds. The minimum atomic E-state index is -0.653. The van der Waals surface area contributed by atoms with Crippen LogP contribution in [0.1, 0.15) is 60.5 Å². The largest absolute Gasteiger partial charge is 0.464 e. The molecule has 1 aromatic heterocycles. The molecule has 2 heterocycles. The van der Waals surface area contributed by atoms with Gasteiger partial charge < -0.3 is 14.7 Å². The van der Waals surface area contributed by atoms with Gasteiger partial charge in [0.25, 0.3) is 5.91 Å². The van der Waals surface area contributed by atoms with E-state index in [4.69, 9.17) is 9.84 Å². The molecule has 2 aromatic rings. The normalized spacial score (nSPS) is 18.3. The fourth-order valence-electron chi connectivity index (χ4n) is 3.60. The van der Waals surface area contributed by atoms with E-state index in [0.717, 1.165) is 37.7 Å². The second-order valence-corrected chi connectivity index (χ2v) is 8.55. The van der Waals surface area contributed by atoms with E-state index in [1.165, 1.54) is 0 Å². The van der Waals surface area contributed by atoms with Crippen molar-refractivity contribution >= 4 is 23.6 Å². The zero-order valence-electron chi connectivity index (χ0n) is 17.9. The highest BCUT2D eigenvalue weighted by molar-refractivity contribution is 7.99. The highest BCUT2D eigenvalue weighted by Crippen LogP contribution is 2.42. The van der Waals surface area contributed by atoms with E-state index in [-0.39, 0.29) is 30.2 Å². The van der Waals surface area contributed by atoms with E-state index in [0.29, 0.717) is 12.3 Å². The SMILES string of the molecule is CCOC(=O)[C@@H]1CSC(c2ccccc2)N1C(=O)c1cn(CCCCCCCO)nn1. The molecule has 0 aliphatic carbocycles. The number of aliphatic hydroxyl groups is 1. The summed E-state index contributed by atoms with van der Waals surface area (Å²) in [5.41, 5.74) is 1.20. The molecule has 2 atom stereocenters. The molecular weight excluding hydrogens is 416 g/mol. The molecule has 3 rings (SSSR count). The van der Waals surface area contributed by atoms with Crippen LogP contribution in [0.3, 0.4) is 0 Å². The molecule has 1 aromatic carbocycles. The lowest BCUT2D eigenvalue weighted by atomic mass is 10.1. The lowest BCUT2D eigenvalue weighted by molar-refractivity contribution is -0.147. The molecular formula is C22H30N4O4S. The second-order valence-electron chi connectivity index (χ2n) is 7.43. The van der Waals surface area contributed by atoms with Gasteiger partial charge in [-0.05, 0) is 25.3 Å². The molecule has 0 bridgehead atoms. The Labute approximate surface area is 187 Å². The van der Waals surface area contributed by atoms with Crippen LogP contribution in [0.5, 0.6) is 0 Å². The van der Waals surface area contributed by atoms with Gasteiger partial charge in [-0.2, -0.15) is 0 Å². The molecule has 1 unspecified atom stereocenters. The number of carbonyl (C=O) groups is 2. The first kappa shape index (κ1) is 23.3. The second kappa shape index (κ2) is 11.9. The van der Waals surface area contributed by atoms with Crippen molar-refractivity contribution in [2.75, 3.05) is 19.0 Å². The summed E-state index contributed by atoms with van der Waals surface area (Å²) in [6, 6.07) is 9.03. The number of thioether (sulfide) groups is 1. The predicted molar refractivity (Wildman–Crippen MR) is 118 cm³/mol. The smallest absolute Gasteiger partial charge is 0.329 e. The van der Waals surface area contributed by atoms with Crippen molar-refractivity contribution in [3.63, 3.8) is 0 Å². The Morgan fingerprint density at radius 3 is 2.65 bits per heavy atom. The Kier molecular flexibility index (Phi) is 8.90. The summed E-state index contributed by atoms with van der Waals surface area (Å²) in [5.74, 6) is -0.227. The third-order valence-electron chi connectivity index (χ3n) is 5.18. The Bertz CT molecular complexity index is 845. The fraction of sp³-hybridized carbons (Fsp3) is 0.545. The first-order valence-electron chi connectivity index (χ1n) is 10.8. The van der Waals surface area contributed by atoms with Crippen LogP contribution in [0, 0.1) is 0 Å². The number of ether oxygens (including phenoxy) is 1. The van der Waals surface area contributed by atoms with Crippen molar-refractivity contribution in [1.82, 2.24) is 19.9 Å². The van der Waals surface area contributed by atoms with Gasteiger partial charge in [0.15, 0.2) is 5.69 Å². The summed E-state index contributed by atoms with van der Waals surface area (Å²) in [7, 11) is 0. The molecule has 168 valence electrons. The number of unbranched alkanes of at least 4 members (excludes halogenated alkanes) is 4. The molecule has 0 radical (unpaired) electrons. The van der Waals surface area contributed by atoms with Gasteiger partial charge in [0.05, 0.1) is 12.8 Å². The third kappa shape index (κ3) is 6.07. The van der Waals surface area contributed by atoms with Crippen molar-refractivity contribution in [1.29, 1.82) is 0 Å². The minimum Gasteiger partial charge on any atom is -0.464 e. The number of carbonyl (C=O) groups excluding carboxylic acids is 2. The van der Waals surface area contributed by atoms with Gasteiger partial charge in [0.2, 0.25) is 0 Å². The maximum atomic E-state index is 13.4. The van der Waals surface area contributed by atoms with Gasteiger partial charge in [0.1, 0.15) is 11.4 Å². The van der Waals surface area contributed by atoms with Crippen molar-refractivity contribution < 1.29 is 19.4 Å². The van der Waals surface area contributed by atoms with Crippen molar-refractivity contribution in [3.8, 4) is 0 Å². The predicted octanol–water partition coefficient (Wildman–Crippen LogP) is 3.04. The maximum Gasteiger partial charge on any atom is 0.329 e. The molecule has 9 heteroatoms. The molecule has 8 nitrogen and oxygen atoms in total. The summed E-state index contributed by atoms with van der Waals surface area (Å²) >= 11 is 1.55. The highest BCUT2D eigenvalue weighted by Gasteiger charge is 2.44. The number of aliphatic hydroxyl groups excluding tert-OH is 1. The van der Waals surface area contributed by atoms with E-state index in [1.54, 1.807) is 34.5 Å². The van der Waals surface area contributed by atoms with Gasteiger partial charge in [-0.25, -0.2) is 4.79 Å². The van der Waals surface area contributed by atoms with E-state index in [9.17, 15) is 9.59 Å². The average Bonchev–Trinajstić information content (AvgIpc) is 3.44. The average molecular weight is 447 g/mol. The minimum absolute atomic E-state index is 0.234. The van der Waals surface area contributed by atoms with Crippen LogP contribution in [0.4, 0.5) is 0 Å². The van der Waals surface area contributed by atoms with Crippen LogP contribution < -0.4 is 0 Å². The topological polar surface area (TPSA) is 97.5 Å². The molecule has 1 saturated heterocycles. The zero-order chi connectivity index (χ0) is 22.1. The van der Waals surface area contributed by atoms with E-state index >= 15 is 0 Å². The number of benzene rings is 1. The molecule has 0 saturated carbocycles. The van der Waals surface area contributed by atoms with Crippen LogP contribution in [0.15, 0.2) is 36.5 Å². The van der Waals surface area contributed by atoms with Crippen molar-refractivity contribution in [2.45, 2.75) is 57.0 Å². The van der Waals surface area contributed by atoms with E-state index in [2.05, 4.69) is 10.3 Å². The molecule has 31 heavy (non-hydrogen) atoms. The number of hydrogen-bond acceptors (Lipinski definition) is 7. The van der Waals surface area contributed by atoms with Gasteiger partial charge in [-0.3, -0.25) is 9.48 Å². The third-order valence-corrected chi connectivity index (χ3v) is 6.50. The number of rotatable bonds is 11. The van der Waals surface area contributed by atoms with Crippen LogP contribution >= 0.6 is 11.8 Å². The summed E-state index contributed by atoms with van der Waals surface area (Å²) in [6.45, 7) is 2.94. The van der Waals surface area contributed by atoms with Crippen LogP contribution in [-0.2, 0) is 16.1 Å².